The first-order valence-corrected chi connectivity index (χ1v) is 8.32. The second-order valence-electron chi connectivity index (χ2n) is 6.08. The number of carbonyl (C=O) groups is 2. The van der Waals surface area contributed by atoms with Crippen LogP contribution in [0.25, 0.3) is 10.9 Å². The van der Waals surface area contributed by atoms with Gasteiger partial charge in [0.1, 0.15) is 0 Å². The lowest BCUT2D eigenvalue weighted by Gasteiger charge is -2.10. The molecular formula is C19H17F3N4O2. The van der Waals surface area contributed by atoms with Crippen molar-refractivity contribution < 1.29 is 22.8 Å². The van der Waals surface area contributed by atoms with Crippen molar-refractivity contribution in [2.75, 3.05) is 17.7 Å². The third-order valence-electron chi connectivity index (χ3n) is 4.13. The fourth-order valence-corrected chi connectivity index (χ4v) is 2.71. The molecular weight excluding hydrogens is 373 g/mol. The Balaban J connectivity index is 1.67. The zero-order valence-electron chi connectivity index (χ0n) is 14.8. The molecule has 146 valence electrons. The second kappa shape index (κ2) is 7.63. The number of halogens is 3. The molecule has 0 saturated heterocycles. The average molecular weight is 390 g/mol. The first kappa shape index (κ1) is 19.3. The summed E-state index contributed by atoms with van der Waals surface area (Å²) in [5.74, 6) is -0.112. The van der Waals surface area contributed by atoms with Crippen molar-refractivity contribution in [2.24, 2.45) is 0 Å². The molecule has 9 heteroatoms. The smallest absolute Gasteiger partial charge is 0.361 e. The molecule has 0 bridgehead atoms. The molecule has 0 aliphatic heterocycles. The summed E-state index contributed by atoms with van der Waals surface area (Å²) in [6, 6.07) is 8.73. The van der Waals surface area contributed by atoms with Gasteiger partial charge in [0.25, 0.3) is 0 Å². The summed E-state index contributed by atoms with van der Waals surface area (Å²) in [6.45, 7) is 0. The van der Waals surface area contributed by atoms with Crippen LogP contribution in [0.1, 0.15) is 11.1 Å². The molecule has 0 unspecified atom stereocenters. The maximum Gasteiger partial charge on any atom is 0.416 e. The fraction of sp³-hybridized carbons (Fsp3) is 0.158. The van der Waals surface area contributed by atoms with E-state index in [0.717, 1.165) is 28.6 Å². The second-order valence-corrected chi connectivity index (χ2v) is 6.08. The number of likely N-dealkylation sites (N-methyl/N-ethyl adjacent to an activating group) is 1. The maximum absolute atomic E-state index is 12.6. The highest BCUT2D eigenvalue weighted by molar-refractivity contribution is 6.01. The molecule has 0 saturated carbocycles. The van der Waals surface area contributed by atoms with Crippen molar-refractivity contribution in [3.63, 3.8) is 0 Å². The van der Waals surface area contributed by atoms with Gasteiger partial charge in [-0.15, -0.1) is 0 Å². The number of hydrogen-bond donors (Lipinski definition) is 4. The Labute approximate surface area is 158 Å². The van der Waals surface area contributed by atoms with Crippen molar-refractivity contribution >= 4 is 34.2 Å². The van der Waals surface area contributed by atoms with Crippen molar-refractivity contribution in [3.8, 4) is 0 Å². The number of benzene rings is 2. The summed E-state index contributed by atoms with van der Waals surface area (Å²) in [6.07, 6.45) is -2.47. The molecule has 0 aliphatic carbocycles. The highest BCUT2D eigenvalue weighted by Crippen LogP contribution is 2.30. The number of fused-ring (bicyclic) bond motifs is 1. The minimum absolute atomic E-state index is 0.112. The molecule has 28 heavy (non-hydrogen) atoms. The van der Waals surface area contributed by atoms with Crippen LogP contribution in [0.2, 0.25) is 0 Å². The SMILES string of the molecule is CNC(=O)Cc1c[nH]c2cc(NC(=O)Nc3ccc(C(F)(F)F)cc3)ccc12. The molecule has 0 atom stereocenters. The van der Waals surface area contributed by atoms with Crippen LogP contribution in [0.3, 0.4) is 0 Å². The summed E-state index contributed by atoms with van der Waals surface area (Å²) in [4.78, 5) is 26.7. The van der Waals surface area contributed by atoms with Crippen molar-refractivity contribution in [2.45, 2.75) is 12.6 Å². The van der Waals surface area contributed by atoms with Gasteiger partial charge in [0.2, 0.25) is 5.91 Å². The number of hydrogen-bond acceptors (Lipinski definition) is 2. The molecule has 3 amide bonds. The van der Waals surface area contributed by atoms with Crippen molar-refractivity contribution in [3.05, 3.63) is 59.8 Å². The summed E-state index contributed by atoms with van der Waals surface area (Å²) in [5.41, 5.74) is 1.51. The van der Waals surface area contributed by atoms with E-state index in [0.29, 0.717) is 5.69 Å². The molecule has 0 aliphatic rings. The Hall–Kier alpha value is -3.49. The van der Waals surface area contributed by atoms with Crippen LogP contribution in [-0.4, -0.2) is 24.0 Å². The Morgan fingerprint density at radius 3 is 2.29 bits per heavy atom. The number of carbonyl (C=O) groups excluding carboxylic acids is 2. The summed E-state index contributed by atoms with van der Waals surface area (Å²) >= 11 is 0. The predicted molar refractivity (Wildman–Crippen MR) is 100 cm³/mol. The van der Waals surface area contributed by atoms with Gasteiger partial charge in [-0.1, -0.05) is 6.07 Å². The monoisotopic (exact) mass is 390 g/mol. The van der Waals surface area contributed by atoms with Gasteiger partial charge in [0.05, 0.1) is 12.0 Å². The van der Waals surface area contributed by atoms with Gasteiger partial charge in [-0.3, -0.25) is 4.79 Å². The number of aromatic amines is 1. The van der Waals surface area contributed by atoms with Crippen LogP contribution < -0.4 is 16.0 Å². The van der Waals surface area contributed by atoms with Gasteiger partial charge in [-0.25, -0.2) is 4.79 Å². The van der Waals surface area contributed by atoms with E-state index in [1.807, 2.05) is 0 Å². The molecule has 2 aromatic carbocycles. The van der Waals surface area contributed by atoms with E-state index in [4.69, 9.17) is 0 Å². The van der Waals surface area contributed by atoms with E-state index in [1.165, 1.54) is 12.1 Å². The number of amides is 3. The largest absolute Gasteiger partial charge is 0.416 e. The molecule has 3 rings (SSSR count). The van der Waals surface area contributed by atoms with Crippen LogP contribution >= 0.6 is 0 Å². The van der Waals surface area contributed by atoms with E-state index in [-0.39, 0.29) is 18.0 Å². The number of rotatable bonds is 4. The minimum atomic E-state index is -4.43. The molecule has 1 heterocycles. The first-order valence-electron chi connectivity index (χ1n) is 8.32. The van der Waals surface area contributed by atoms with Gasteiger partial charge in [0.15, 0.2) is 0 Å². The van der Waals surface area contributed by atoms with E-state index < -0.39 is 17.8 Å². The van der Waals surface area contributed by atoms with Crippen LogP contribution in [-0.2, 0) is 17.4 Å². The quantitative estimate of drug-likeness (QED) is 0.540. The summed E-state index contributed by atoms with van der Waals surface area (Å²) in [5, 5.41) is 8.51. The number of alkyl halides is 3. The molecule has 4 N–H and O–H groups in total. The predicted octanol–water partition coefficient (Wildman–Crippen LogP) is 4.12. The fourth-order valence-electron chi connectivity index (χ4n) is 2.71. The first-order chi connectivity index (χ1) is 13.3. The number of aromatic nitrogens is 1. The average Bonchev–Trinajstić information content (AvgIpc) is 3.03. The Morgan fingerprint density at radius 1 is 1.00 bits per heavy atom. The molecule has 0 radical (unpaired) electrons. The third-order valence-corrected chi connectivity index (χ3v) is 4.13. The van der Waals surface area contributed by atoms with Crippen LogP contribution in [0.15, 0.2) is 48.7 Å². The van der Waals surface area contributed by atoms with E-state index in [1.54, 1.807) is 31.4 Å². The standard InChI is InChI=1S/C19H17F3N4O2/c1-23-17(27)8-11-10-24-16-9-14(6-7-15(11)16)26-18(28)25-13-4-2-12(3-5-13)19(20,21)22/h2-7,9-10,24H,8H2,1H3,(H,23,27)(H2,25,26,28). The van der Waals surface area contributed by atoms with Gasteiger partial charge in [-0.2, -0.15) is 13.2 Å². The summed E-state index contributed by atoms with van der Waals surface area (Å²) in [7, 11) is 1.56. The summed E-state index contributed by atoms with van der Waals surface area (Å²) < 4.78 is 37.7. The van der Waals surface area contributed by atoms with Crippen LogP contribution in [0.5, 0.6) is 0 Å². The lowest BCUT2D eigenvalue weighted by atomic mass is 10.1. The van der Waals surface area contributed by atoms with Gasteiger partial charge < -0.3 is 20.9 Å². The zero-order chi connectivity index (χ0) is 20.3. The lowest BCUT2D eigenvalue weighted by molar-refractivity contribution is -0.137. The Kier molecular flexibility index (Phi) is 5.25. The maximum atomic E-state index is 12.6. The molecule has 3 aromatic rings. The Morgan fingerprint density at radius 2 is 1.64 bits per heavy atom. The Bertz CT molecular complexity index is 1010. The number of anilines is 2. The van der Waals surface area contributed by atoms with Crippen LogP contribution in [0, 0.1) is 0 Å². The molecule has 0 spiro atoms. The molecule has 1 aromatic heterocycles. The molecule has 0 fully saturated rings. The van der Waals surface area contributed by atoms with Crippen molar-refractivity contribution in [1.29, 1.82) is 0 Å². The van der Waals surface area contributed by atoms with Crippen LogP contribution in [0.4, 0.5) is 29.3 Å². The number of H-pyrrole nitrogens is 1. The third kappa shape index (κ3) is 4.43. The normalized spacial score (nSPS) is 11.3. The van der Waals surface area contributed by atoms with Gasteiger partial charge in [-0.05, 0) is 42.0 Å². The van der Waals surface area contributed by atoms with Crippen molar-refractivity contribution in [1.82, 2.24) is 10.3 Å². The highest BCUT2D eigenvalue weighted by Gasteiger charge is 2.29. The minimum Gasteiger partial charge on any atom is -0.361 e. The zero-order valence-corrected chi connectivity index (χ0v) is 14.8. The van der Waals surface area contributed by atoms with Gasteiger partial charge in [0, 0.05) is 35.5 Å². The van der Waals surface area contributed by atoms with E-state index in [9.17, 15) is 22.8 Å². The number of nitrogens with one attached hydrogen (secondary N) is 4. The lowest BCUT2D eigenvalue weighted by Crippen LogP contribution is -2.20. The van der Waals surface area contributed by atoms with Gasteiger partial charge >= 0.3 is 12.2 Å². The number of urea groups is 1. The van der Waals surface area contributed by atoms with E-state index in [2.05, 4.69) is 20.9 Å². The highest BCUT2D eigenvalue weighted by atomic mass is 19.4. The molecule has 6 nitrogen and oxygen atoms in total. The van der Waals surface area contributed by atoms with E-state index >= 15 is 0 Å². The topological polar surface area (TPSA) is 86.0 Å².